The maximum absolute atomic E-state index is 13.0. The summed E-state index contributed by atoms with van der Waals surface area (Å²) in [5.74, 6) is -1.13. The van der Waals surface area contributed by atoms with E-state index in [-0.39, 0.29) is 30.1 Å². The number of carbonyl (C=O) groups is 2. The molecule has 1 heterocycles. The summed E-state index contributed by atoms with van der Waals surface area (Å²) in [5, 5.41) is 0.678. The van der Waals surface area contributed by atoms with Crippen molar-refractivity contribution >= 4 is 32.9 Å². The molecule has 162 valence electrons. The monoisotopic (exact) mass is 441 g/mol. The van der Waals surface area contributed by atoms with E-state index in [9.17, 15) is 18.0 Å². The summed E-state index contributed by atoms with van der Waals surface area (Å²) in [5.41, 5.74) is 2.20. The van der Waals surface area contributed by atoms with Crippen LogP contribution in [-0.4, -0.2) is 37.5 Å². The van der Waals surface area contributed by atoms with Crippen LogP contribution in [0.4, 0.5) is 0 Å². The number of aryl methyl sites for hydroxylation is 1. The maximum atomic E-state index is 13.0. The Bertz CT molecular complexity index is 1240. The lowest BCUT2D eigenvalue weighted by molar-refractivity contribution is -0.144. The van der Waals surface area contributed by atoms with Gasteiger partial charge in [0.25, 0.3) is 10.0 Å². The zero-order chi connectivity index (χ0) is 22.6. The van der Waals surface area contributed by atoms with E-state index >= 15 is 0 Å². The van der Waals surface area contributed by atoms with Crippen LogP contribution in [0, 0.1) is 6.92 Å². The first-order valence-electron chi connectivity index (χ1n) is 9.65. The second-order valence-electron chi connectivity index (χ2n) is 6.98. The van der Waals surface area contributed by atoms with Gasteiger partial charge in [0.15, 0.2) is 0 Å². The molecule has 0 saturated heterocycles. The number of benzene rings is 2. The molecule has 2 aromatic carbocycles. The SMILES string of the molecule is C=C(COC(=O)Cc1ccc2c(ccn2S(=O)(=O)c2ccc(C)cc2)c1)C(=O)OCC. The Morgan fingerprint density at radius 2 is 1.74 bits per heavy atom. The van der Waals surface area contributed by atoms with Crippen molar-refractivity contribution in [2.75, 3.05) is 13.2 Å². The zero-order valence-electron chi connectivity index (χ0n) is 17.3. The van der Waals surface area contributed by atoms with Gasteiger partial charge >= 0.3 is 11.9 Å². The summed E-state index contributed by atoms with van der Waals surface area (Å²) in [7, 11) is -3.73. The third-order valence-corrected chi connectivity index (χ3v) is 6.32. The van der Waals surface area contributed by atoms with Crippen LogP contribution in [0.3, 0.4) is 0 Å². The topological polar surface area (TPSA) is 91.7 Å². The Kier molecular flexibility index (Phi) is 6.60. The molecule has 0 amide bonds. The Hall–Kier alpha value is -3.39. The second-order valence-corrected chi connectivity index (χ2v) is 8.80. The Morgan fingerprint density at radius 3 is 2.42 bits per heavy atom. The number of carbonyl (C=O) groups excluding carboxylic acids is 2. The Balaban J connectivity index is 1.73. The van der Waals surface area contributed by atoms with Gasteiger partial charge in [0.2, 0.25) is 0 Å². The number of ether oxygens (including phenoxy) is 2. The average Bonchev–Trinajstić information content (AvgIpc) is 3.16. The number of esters is 2. The van der Waals surface area contributed by atoms with Crippen molar-refractivity contribution in [1.29, 1.82) is 0 Å². The van der Waals surface area contributed by atoms with Gasteiger partial charge in [-0.25, -0.2) is 17.2 Å². The quantitative estimate of drug-likeness (QED) is 0.393. The van der Waals surface area contributed by atoms with E-state index < -0.39 is 22.0 Å². The third kappa shape index (κ3) is 5.03. The van der Waals surface area contributed by atoms with Crippen molar-refractivity contribution in [3.05, 3.63) is 78.0 Å². The number of aromatic nitrogens is 1. The van der Waals surface area contributed by atoms with Crippen molar-refractivity contribution in [3.63, 3.8) is 0 Å². The molecule has 3 aromatic rings. The molecular weight excluding hydrogens is 418 g/mol. The largest absolute Gasteiger partial charge is 0.463 e. The minimum atomic E-state index is -3.73. The van der Waals surface area contributed by atoms with Crippen LogP contribution in [0.25, 0.3) is 10.9 Å². The number of nitrogens with zero attached hydrogens (tertiary/aromatic N) is 1. The summed E-state index contributed by atoms with van der Waals surface area (Å²) < 4.78 is 37.0. The van der Waals surface area contributed by atoms with Gasteiger partial charge in [0.1, 0.15) is 6.61 Å². The molecule has 0 spiro atoms. The molecule has 8 heteroatoms. The standard InChI is InChI=1S/C23H23NO6S/c1-4-29-23(26)17(3)15-30-22(25)14-18-7-10-21-19(13-18)11-12-24(21)31(27,28)20-8-5-16(2)6-9-20/h5-13H,3-4,14-15H2,1-2H3. The average molecular weight is 442 g/mol. The molecule has 0 aliphatic rings. The molecule has 0 unspecified atom stereocenters. The highest BCUT2D eigenvalue weighted by molar-refractivity contribution is 7.90. The van der Waals surface area contributed by atoms with E-state index in [1.165, 1.54) is 10.2 Å². The molecule has 0 fully saturated rings. The van der Waals surface area contributed by atoms with Crippen LogP contribution in [-0.2, 0) is 35.5 Å². The van der Waals surface area contributed by atoms with E-state index in [1.807, 2.05) is 6.92 Å². The summed E-state index contributed by atoms with van der Waals surface area (Å²) in [6.45, 7) is 7.07. The lowest BCUT2D eigenvalue weighted by Gasteiger charge is -2.09. The van der Waals surface area contributed by atoms with Crippen LogP contribution < -0.4 is 0 Å². The predicted octanol–water partition coefficient (Wildman–Crippen LogP) is 3.39. The number of hydrogen-bond donors (Lipinski definition) is 0. The highest BCUT2D eigenvalue weighted by atomic mass is 32.2. The molecular formula is C23H23NO6S. The van der Waals surface area contributed by atoms with Crippen LogP contribution in [0.15, 0.2) is 71.8 Å². The van der Waals surface area contributed by atoms with Crippen molar-refractivity contribution in [1.82, 2.24) is 3.97 Å². The second kappa shape index (κ2) is 9.18. The normalized spacial score (nSPS) is 11.3. The van der Waals surface area contributed by atoms with Crippen molar-refractivity contribution < 1.29 is 27.5 Å². The van der Waals surface area contributed by atoms with Crippen LogP contribution in [0.1, 0.15) is 18.1 Å². The van der Waals surface area contributed by atoms with Crippen LogP contribution in [0.5, 0.6) is 0 Å². The Labute approximate surface area is 180 Å². The predicted molar refractivity (Wildman–Crippen MR) is 116 cm³/mol. The van der Waals surface area contributed by atoms with Gasteiger partial charge < -0.3 is 9.47 Å². The molecule has 0 radical (unpaired) electrons. The van der Waals surface area contributed by atoms with Gasteiger partial charge in [-0.15, -0.1) is 0 Å². The van der Waals surface area contributed by atoms with E-state index in [4.69, 9.17) is 9.47 Å². The fourth-order valence-electron chi connectivity index (χ4n) is 2.99. The Morgan fingerprint density at radius 1 is 1.03 bits per heavy atom. The first-order chi connectivity index (χ1) is 14.7. The molecule has 0 N–H and O–H groups in total. The number of rotatable bonds is 8. The van der Waals surface area contributed by atoms with Gasteiger partial charge in [-0.05, 0) is 49.7 Å². The highest BCUT2D eigenvalue weighted by Gasteiger charge is 2.19. The lowest BCUT2D eigenvalue weighted by Crippen LogP contribution is -2.16. The highest BCUT2D eigenvalue weighted by Crippen LogP contribution is 2.24. The number of fused-ring (bicyclic) bond motifs is 1. The van der Waals surface area contributed by atoms with Gasteiger partial charge in [-0.1, -0.05) is 30.3 Å². The molecule has 0 atom stereocenters. The summed E-state index contributed by atoms with van der Waals surface area (Å²) in [4.78, 5) is 23.8. The fourth-order valence-corrected chi connectivity index (χ4v) is 4.34. The fraction of sp³-hybridized carbons (Fsp3) is 0.217. The minimum Gasteiger partial charge on any atom is -0.463 e. The van der Waals surface area contributed by atoms with E-state index in [2.05, 4.69) is 6.58 Å². The van der Waals surface area contributed by atoms with E-state index in [0.717, 1.165) is 5.56 Å². The summed E-state index contributed by atoms with van der Waals surface area (Å²) in [6.07, 6.45) is 1.47. The molecule has 7 nitrogen and oxygen atoms in total. The molecule has 3 rings (SSSR count). The molecule has 0 aliphatic carbocycles. The van der Waals surface area contributed by atoms with Gasteiger partial charge in [0.05, 0.1) is 29.0 Å². The summed E-state index contributed by atoms with van der Waals surface area (Å²) in [6, 6.07) is 13.4. The molecule has 0 aliphatic heterocycles. The summed E-state index contributed by atoms with van der Waals surface area (Å²) >= 11 is 0. The van der Waals surface area contributed by atoms with Crippen molar-refractivity contribution in [2.24, 2.45) is 0 Å². The van der Waals surface area contributed by atoms with Crippen molar-refractivity contribution in [2.45, 2.75) is 25.2 Å². The first kappa shape index (κ1) is 22.3. The first-order valence-corrected chi connectivity index (χ1v) is 11.1. The van der Waals surface area contributed by atoms with Gasteiger partial charge in [0, 0.05) is 11.6 Å². The molecule has 0 bridgehead atoms. The van der Waals surface area contributed by atoms with Gasteiger partial charge in [-0.2, -0.15) is 0 Å². The third-order valence-electron chi connectivity index (χ3n) is 4.62. The molecule has 0 saturated carbocycles. The molecule has 31 heavy (non-hydrogen) atoms. The van der Waals surface area contributed by atoms with Crippen molar-refractivity contribution in [3.8, 4) is 0 Å². The van der Waals surface area contributed by atoms with E-state index in [0.29, 0.717) is 16.5 Å². The van der Waals surface area contributed by atoms with Crippen LogP contribution >= 0.6 is 0 Å². The van der Waals surface area contributed by atoms with E-state index in [1.54, 1.807) is 55.5 Å². The molecule has 1 aromatic heterocycles. The maximum Gasteiger partial charge on any atom is 0.336 e. The van der Waals surface area contributed by atoms with Gasteiger partial charge in [-0.3, -0.25) is 4.79 Å². The zero-order valence-corrected chi connectivity index (χ0v) is 18.1. The smallest absolute Gasteiger partial charge is 0.336 e. The lowest BCUT2D eigenvalue weighted by atomic mass is 10.1. The number of hydrogen-bond acceptors (Lipinski definition) is 6. The van der Waals surface area contributed by atoms with Crippen LogP contribution in [0.2, 0.25) is 0 Å². The minimum absolute atomic E-state index is 0.0259.